The van der Waals surface area contributed by atoms with E-state index in [1.165, 1.54) is 0 Å². The van der Waals surface area contributed by atoms with Gasteiger partial charge in [-0.2, -0.15) is 5.10 Å². The Morgan fingerprint density at radius 3 is 2.48 bits per heavy atom. The summed E-state index contributed by atoms with van der Waals surface area (Å²) in [4.78, 5) is 8.54. The first-order chi connectivity index (χ1) is 10.0. The van der Waals surface area contributed by atoms with E-state index in [0.29, 0.717) is 5.95 Å². The molecule has 0 saturated heterocycles. The fourth-order valence-electron chi connectivity index (χ4n) is 1.88. The molecule has 2 rings (SSSR count). The van der Waals surface area contributed by atoms with Crippen molar-refractivity contribution < 1.29 is 4.74 Å². The van der Waals surface area contributed by atoms with Crippen molar-refractivity contribution in [2.45, 2.75) is 33.8 Å². The van der Waals surface area contributed by atoms with Gasteiger partial charge in [-0.1, -0.05) is 12.1 Å². The number of aryl methyl sites for hydroxylation is 2. The van der Waals surface area contributed by atoms with Gasteiger partial charge in [-0.25, -0.2) is 15.4 Å². The molecule has 0 aliphatic rings. The highest BCUT2D eigenvalue weighted by Crippen LogP contribution is 2.17. The van der Waals surface area contributed by atoms with E-state index in [2.05, 4.69) is 20.5 Å². The minimum absolute atomic E-state index is 0.121. The molecule has 0 spiro atoms. The third-order valence-electron chi connectivity index (χ3n) is 2.63. The van der Waals surface area contributed by atoms with Crippen LogP contribution in [0.1, 0.15) is 30.8 Å². The topological polar surface area (TPSA) is 59.4 Å². The van der Waals surface area contributed by atoms with Crippen LogP contribution in [0.4, 0.5) is 5.95 Å². The van der Waals surface area contributed by atoms with Gasteiger partial charge in [0.1, 0.15) is 5.75 Å². The Morgan fingerprint density at radius 1 is 1.14 bits per heavy atom. The van der Waals surface area contributed by atoms with Crippen molar-refractivity contribution in [2.75, 3.05) is 5.43 Å². The van der Waals surface area contributed by atoms with Crippen LogP contribution in [0.3, 0.4) is 0 Å². The molecule has 1 aromatic heterocycles. The molecule has 5 nitrogen and oxygen atoms in total. The Balaban J connectivity index is 2.11. The lowest BCUT2D eigenvalue weighted by Gasteiger charge is -2.11. The summed E-state index contributed by atoms with van der Waals surface area (Å²) in [5.41, 5.74) is 5.57. The van der Waals surface area contributed by atoms with Crippen LogP contribution in [0.5, 0.6) is 5.75 Å². The van der Waals surface area contributed by atoms with Crippen molar-refractivity contribution in [3.05, 3.63) is 47.3 Å². The van der Waals surface area contributed by atoms with Crippen LogP contribution >= 0.6 is 0 Å². The highest BCUT2D eigenvalue weighted by Gasteiger charge is 2.03. The van der Waals surface area contributed by atoms with Crippen molar-refractivity contribution in [2.24, 2.45) is 5.10 Å². The number of aromatic nitrogens is 2. The Kier molecular flexibility index (Phi) is 4.87. The Morgan fingerprint density at radius 2 is 1.81 bits per heavy atom. The zero-order valence-electron chi connectivity index (χ0n) is 12.8. The van der Waals surface area contributed by atoms with Gasteiger partial charge in [0.05, 0.1) is 12.3 Å². The minimum atomic E-state index is 0.121. The van der Waals surface area contributed by atoms with Crippen molar-refractivity contribution in [1.29, 1.82) is 0 Å². The number of nitrogens with zero attached hydrogens (tertiary/aromatic N) is 3. The molecule has 0 aliphatic heterocycles. The monoisotopic (exact) mass is 284 g/mol. The highest BCUT2D eigenvalue weighted by molar-refractivity contribution is 5.83. The fourth-order valence-corrected chi connectivity index (χ4v) is 1.88. The molecule has 0 unspecified atom stereocenters. The predicted molar refractivity (Wildman–Crippen MR) is 84.9 cm³/mol. The van der Waals surface area contributed by atoms with Gasteiger partial charge in [0, 0.05) is 17.0 Å². The zero-order chi connectivity index (χ0) is 15.2. The summed E-state index contributed by atoms with van der Waals surface area (Å²) in [6.07, 6.45) is 1.83. The number of benzene rings is 1. The first kappa shape index (κ1) is 15.0. The number of nitrogens with one attached hydrogen (secondary N) is 1. The molecule has 0 saturated carbocycles. The SMILES string of the molecule is Cc1cc(C)nc(N/N=C/c2ccccc2OC(C)C)n1. The number of para-hydroxylation sites is 1. The average molecular weight is 284 g/mol. The van der Waals surface area contributed by atoms with Gasteiger partial charge in [-0.05, 0) is 45.9 Å². The highest BCUT2D eigenvalue weighted by atomic mass is 16.5. The molecule has 1 N–H and O–H groups in total. The first-order valence-electron chi connectivity index (χ1n) is 6.91. The van der Waals surface area contributed by atoms with E-state index in [4.69, 9.17) is 4.74 Å². The van der Waals surface area contributed by atoms with Crippen molar-refractivity contribution in [3.8, 4) is 5.75 Å². The number of hydrogen-bond acceptors (Lipinski definition) is 5. The first-order valence-corrected chi connectivity index (χ1v) is 6.91. The molecule has 5 heteroatoms. The van der Waals surface area contributed by atoms with E-state index in [1.807, 2.05) is 58.0 Å². The van der Waals surface area contributed by atoms with E-state index in [-0.39, 0.29) is 6.10 Å². The maximum Gasteiger partial charge on any atom is 0.243 e. The van der Waals surface area contributed by atoms with Crippen LogP contribution in [0, 0.1) is 13.8 Å². The second-order valence-electron chi connectivity index (χ2n) is 5.05. The van der Waals surface area contributed by atoms with Gasteiger partial charge in [0.25, 0.3) is 0 Å². The van der Waals surface area contributed by atoms with Crippen LogP contribution < -0.4 is 10.2 Å². The molecule has 0 atom stereocenters. The summed E-state index contributed by atoms with van der Waals surface area (Å²) >= 11 is 0. The third-order valence-corrected chi connectivity index (χ3v) is 2.63. The summed E-state index contributed by atoms with van der Waals surface area (Å²) < 4.78 is 5.74. The minimum Gasteiger partial charge on any atom is -0.490 e. The Bertz CT molecular complexity index is 618. The summed E-state index contributed by atoms with van der Waals surface area (Å²) in [5.74, 6) is 1.30. The molecule has 110 valence electrons. The number of hydrazone groups is 1. The second-order valence-corrected chi connectivity index (χ2v) is 5.05. The van der Waals surface area contributed by atoms with Crippen molar-refractivity contribution in [3.63, 3.8) is 0 Å². The predicted octanol–water partition coefficient (Wildman–Crippen LogP) is 3.33. The maximum absolute atomic E-state index is 5.74. The van der Waals surface area contributed by atoms with Gasteiger partial charge < -0.3 is 4.74 Å². The van der Waals surface area contributed by atoms with Gasteiger partial charge in [-0.3, -0.25) is 0 Å². The molecule has 0 radical (unpaired) electrons. The van der Waals surface area contributed by atoms with E-state index < -0.39 is 0 Å². The van der Waals surface area contributed by atoms with E-state index in [1.54, 1.807) is 6.21 Å². The summed E-state index contributed by atoms with van der Waals surface area (Å²) in [5, 5.41) is 4.18. The Hall–Kier alpha value is -2.43. The molecular weight excluding hydrogens is 264 g/mol. The lowest BCUT2D eigenvalue weighted by molar-refractivity contribution is 0.242. The van der Waals surface area contributed by atoms with E-state index in [0.717, 1.165) is 22.7 Å². The lowest BCUT2D eigenvalue weighted by Crippen LogP contribution is -2.07. The molecule has 0 bridgehead atoms. The van der Waals surface area contributed by atoms with Crippen LogP contribution in [-0.4, -0.2) is 22.3 Å². The number of hydrogen-bond donors (Lipinski definition) is 1. The molecule has 0 aliphatic carbocycles. The smallest absolute Gasteiger partial charge is 0.243 e. The van der Waals surface area contributed by atoms with Crippen LogP contribution in [-0.2, 0) is 0 Å². The molecule has 2 aromatic rings. The second kappa shape index (κ2) is 6.83. The largest absolute Gasteiger partial charge is 0.490 e. The zero-order valence-corrected chi connectivity index (χ0v) is 12.8. The van der Waals surface area contributed by atoms with Gasteiger partial charge in [0.2, 0.25) is 5.95 Å². The molecule has 0 amide bonds. The molecule has 21 heavy (non-hydrogen) atoms. The van der Waals surface area contributed by atoms with Gasteiger partial charge in [0.15, 0.2) is 0 Å². The van der Waals surface area contributed by atoms with Crippen LogP contribution in [0.2, 0.25) is 0 Å². The van der Waals surface area contributed by atoms with Crippen molar-refractivity contribution in [1.82, 2.24) is 9.97 Å². The van der Waals surface area contributed by atoms with Crippen molar-refractivity contribution >= 4 is 12.2 Å². The summed E-state index contributed by atoms with van der Waals surface area (Å²) in [6.45, 7) is 7.84. The maximum atomic E-state index is 5.74. The normalized spacial score (nSPS) is 11.1. The van der Waals surface area contributed by atoms with Crippen LogP contribution in [0.25, 0.3) is 0 Å². The molecule has 1 aromatic carbocycles. The summed E-state index contributed by atoms with van der Waals surface area (Å²) in [6, 6.07) is 9.68. The average Bonchev–Trinajstić information content (AvgIpc) is 2.39. The lowest BCUT2D eigenvalue weighted by atomic mass is 10.2. The number of anilines is 1. The molecular formula is C16H20N4O. The standard InChI is InChI=1S/C16H20N4O/c1-11(2)21-15-8-6-5-7-14(15)10-17-20-16-18-12(3)9-13(4)19-16/h5-11H,1-4H3,(H,18,19,20)/b17-10+. The van der Waals surface area contributed by atoms with Gasteiger partial charge in [-0.15, -0.1) is 0 Å². The number of ether oxygens (including phenoxy) is 1. The van der Waals surface area contributed by atoms with E-state index >= 15 is 0 Å². The Labute approximate surface area is 125 Å². The quantitative estimate of drug-likeness (QED) is 0.676. The summed E-state index contributed by atoms with van der Waals surface area (Å²) in [7, 11) is 0. The van der Waals surface area contributed by atoms with E-state index in [9.17, 15) is 0 Å². The third kappa shape index (κ3) is 4.56. The van der Waals surface area contributed by atoms with Gasteiger partial charge >= 0.3 is 0 Å². The molecule has 0 fully saturated rings. The van der Waals surface area contributed by atoms with Crippen LogP contribution in [0.15, 0.2) is 35.4 Å². The number of rotatable bonds is 5. The fraction of sp³-hybridized carbons (Fsp3) is 0.312. The molecule has 1 heterocycles.